The molecule has 6 heteroatoms. The van der Waals surface area contributed by atoms with Crippen LogP contribution in [0.2, 0.25) is 5.02 Å². The number of hydrogen-bond donors (Lipinski definition) is 2. The minimum Gasteiger partial charge on any atom is -0.335 e. The molecule has 148 valence electrons. The van der Waals surface area contributed by atoms with Crippen molar-refractivity contribution in [2.75, 3.05) is 13.1 Å². The Morgan fingerprint density at radius 2 is 1.79 bits per heavy atom. The minimum atomic E-state index is -0.0258. The Kier molecular flexibility index (Phi) is 6.13. The average Bonchev–Trinajstić information content (AvgIpc) is 2.67. The number of nitrogens with zero attached hydrogens (tertiary/aromatic N) is 2. The van der Waals surface area contributed by atoms with E-state index in [0.717, 1.165) is 50.3 Å². The number of piperidine rings is 1. The third-order valence-corrected chi connectivity index (χ3v) is 6.11. The molecule has 1 aliphatic carbocycles. The summed E-state index contributed by atoms with van der Waals surface area (Å²) in [5.41, 5.74) is 2.56. The number of halogens is 1. The second kappa shape index (κ2) is 8.93. The van der Waals surface area contributed by atoms with E-state index < -0.39 is 0 Å². The first kappa shape index (κ1) is 19.2. The van der Waals surface area contributed by atoms with Crippen LogP contribution in [0.3, 0.4) is 0 Å². The first-order valence-electron chi connectivity index (χ1n) is 10.1. The van der Waals surface area contributed by atoms with Gasteiger partial charge in [0.1, 0.15) is 0 Å². The van der Waals surface area contributed by atoms with Crippen molar-refractivity contribution in [3.05, 3.63) is 64.9 Å². The van der Waals surface area contributed by atoms with Crippen molar-refractivity contribution in [1.29, 1.82) is 0 Å². The van der Waals surface area contributed by atoms with Crippen molar-refractivity contribution in [3.8, 4) is 0 Å². The molecule has 1 saturated carbocycles. The molecule has 0 unspecified atom stereocenters. The highest BCUT2D eigenvalue weighted by molar-refractivity contribution is 6.30. The summed E-state index contributed by atoms with van der Waals surface area (Å²) in [6.45, 7) is 2.97. The summed E-state index contributed by atoms with van der Waals surface area (Å²) in [5.74, 6) is 0.500. The van der Waals surface area contributed by atoms with Crippen LogP contribution in [0.5, 0.6) is 0 Å². The third-order valence-electron chi connectivity index (χ3n) is 5.87. The highest BCUT2D eigenvalue weighted by atomic mass is 35.5. The van der Waals surface area contributed by atoms with Gasteiger partial charge in [0.2, 0.25) is 0 Å². The van der Waals surface area contributed by atoms with Gasteiger partial charge in [-0.15, -0.1) is 0 Å². The summed E-state index contributed by atoms with van der Waals surface area (Å²) in [4.78, 5) is 18.8. The normalized spacial score (nSPS) is 23.0. The molecule has 0 atom stereocenters. The molecule has 2 heterocycles. The maximum atomic E-state index is 12.3. The van der Waals surface area contributed by atoms with Crippen LogP contribution in [-0.2, 0) is 6.54 Å². The smallest absolute Gasteiger partial charge is 0.315 e. The van der Waals surface area contributed by atoms with Crippen LogP contribution in [0.15, 0.2) is 48.8 Å². The molecule has 2 fully saturated rings. The fourth-order valence-corrected chi connectivity index (χ4v) is 4.36. The maximum absolute atomic E-state index is 12.3. The van der Waals surface area contributed by atoms with E-state index in [-0.39, 0.29) is 18.1 Å². The van der Waals surface area contributed by atoms with Crippen LogP contribution in [0.1, 0.15) is 42.7 Å². The fourth-order valence-electron chi connectivity index (χ4n) is 4.16. The zero-order valence-electron chi connectivity index (χ0n) is 16.0. The highest BCUT2D eigenvalue weighted by Crippen LogP contribution is 2.37. The zero-order chi connectivity index (χ0) is 19.3. The molecular formula is C22H27ClN4O. The van der Waals surface area contributed by atoms with Crippen LogP contribution >= 0.6 is 11.6 Å². The van der Waals surface area contributed by atoms with E-state index in [0.29, 0.717) is 5.92 Å². The van der Waals surface area contributed by atoms with Crippen molar-refractivity contribution in [2.24, 2.45) is 0 Å². The van der Waals surface area contributed by atoms with Crippen molar-refractivity contribution >= 4 is 17.6 Å². The fraction of sp³-hybridized carbons (Fsp3) is 0.455. The molecule has 1 saturated heterocycles. The molecule has 2 amide bonds. The molecule has 2 aromatic rings. The van der Waals surface area contributed by atoms with Gasteiger partial charge < -0.3 is 10.6 Å². The number of nitrogens with one attached hydrogen (secondary N) is 2. The van der Waals surface area contributed by atoms with Gasteiger partial charge in [-0.1, -0.05) is 23.7 Å². The predicted molar refractivity (Wildman–Crippen MR) is 111 cm³/mol. The van der Waals surface area contributed by atoms with Crippen molar-refractivity contribution in [2.45, 2.75) is 50.2 Å². The number of pyridine rings is 1. The van der Waals surface area contributed by atoms with Crippen molar-refractivity contribution < 1.29 is 4.79 Å². The van der Waals surface area contributed by atoms with Gasteiger partial charge in [0.15, 0.2) is 0 Å². The Balaban J connectivity index is 1.15. The van der Waals surface area contributed by atoms with Gasteiger partial charge >= 0.3 is 6.03 Å². The number of amides is 2. The molecule has 2 aliphatic rings. The monoisotopic (exact) mass is 398 g/mol. The van der Waals surface area contributed by atoms with Crippen LogP contribution in [0.4, 0.5) is 4.79 Å². The van der Waals surface area contributed by atoms with E-state index in [9.17, 15) is 4.79 Å². The molecule has 2 N–H and O–H groups in total. The second-order valence-corrected chi connectivity index (χ2v) is 8.38. The molecule has 1 aromatic heterocycles. The van der Waals surface area contributed by atoms with E-state index >= 15 is 0 Å². The van der Waals surface area contributed by atoms with Gasteiger partial charge in [0, 0.05) is 49.1 Å². The number of carbonyl (C=O) groups excluding carboxylic acids is 1. The first-order valence-corrected chi connectivity index (χ1v) is 10.5. The molecule has 1 aromatic carbocycles. The molecule has 1 aliphatic heterocycles. The topological polar surface area (TPSA) is 57.3 Å². The van der Waals surface area contributed by atoms with Crippen LogP contribution in [-0.4, -0.2) is 41.1 Å². The van der Waals surface area contributed by atoms with Gasteiger partial charge in [-0.05, 0) is 67.0 Å². The first-order chi connectivity index (χ1) is 13.7. The highest BCUT2D eigenvalue weighted by Gasteiger charge is 2.32. The van der Waals surface area contributed by atoms with Crippen LogP contribution in [0.25, 0.3) is 0 Å². The summed E-state index contributed by atoms with van der Waals surface area (Å²) in [6.07, 6.45) is 7.63. The summed E-state index contributed by atoms with van der Waals surface area (Å²) >= 11 is 6.07. The van der Waals surface area contributed by atoms with Crippen molar-refractivity contribution in [3.63, 3.8) is 0 Å². The lowest BCUT2D eigenvalue weighted by Crippen LogP contribution is -2.52. The average molecular weight is 399 g/mol. The zero-order valence-corrected chi connectivity index (χ0v) is 16.7. The number of hydrogen-bond acceptors (Lipinski definition) is 3. The number of rotatable bonds is 5. The lowest BCUT2D eigenvalue weighted by Gasteiger charge is -2.37. The van der Waals surface area contributed by atoms with Crippen molar-refractivity contribution in [1.82, 2.24) is 20.5 Å². The molecule has 0 radical (unpaired) electrons. The van der Waals surface area contributed by atoms with Crippen LogP contribution in [0, 0.1) is 0 Å². The SMILES string of the molecule is O=C(NC1CCN(Cc2ccncc2)CC1)NC1CC(c2cccc(Cl)c2)C1. The summed E-state index contributed by atoms with van der Waals surface area (Å²) in [5, 5.41) is 7.06. The summed E-state index contributed by atoms with van der Waals surface area (Å²) < 4.78 is 0. The molecule has 0 spiro atoms. The number of carbonyl (C=O) groups is 1. The number of urea groups is 1. The summed E-state index contributed by atoms with van der Waals surface area (Å²) in [6, 6.07) is 12.7. The number of aromatic nitrogens is 1. The Morgan fingerprint density at radius 1 is 1.07 bits per heavy atom. The minimum absolute atomic E-state index is 0.0258. The van der Waals surface area contributed by atoms with Gasteiger partial charge in [0.25, 0.3) is 0 Å². The second-order valence-electron chi connectivity index (χ2n) is 7.94. The largest absolute Gasteiger partial charge is 0.335 e. The molecule has 0 bridgehead atoms. The standard InChI is InChI=1S/C22H27ClN4O/c23-19-3-1-2-17(12-19)18-13-21(14-18)26-22(28)25-20-6-10-27(11-7-20)15-16-4-8-24-9-5-16/h1-5,8-9,12,18,20-21H,6-7,10-11,13-15H2,(H2,25,26,28). The van der Waals surface area contributed by atoms with Gasteiger partial charge in [-0.2, -0.15) is 0 Å². The van der Waals surface area contributed by atoms with E-state index in [2.05, 4.69) is 38.7 Å². The molecular weight excluding hydrogens is 372 g/mol. The molecule has 28 heavy (non-hydrogen) atoms. The number of likely N-dealkylation sites (tertiary alicyclic amines) is 1. The van der Waals surface area contributed by atoms with Gasteiger partial charge in [-0.25, -0.2) is 4.79 Å². The molecule has 5 nitrogen and oxygen atoms in total. The predicted octanol–water partition coefficient (Wildman–Crippen LogP) is 3.94. The lowest BCUT2D eigenvalue weighted by atomic mass is 9.76. The van der Waals surface area contributed by atoms with Gasteiger partial charge in [0.05, 0.1) is 0 Å². The Hall–Kier alpha value is -2.11. The van der Waals surface area contributed by atoms with E-state index in [1.54, 1.807) is 0 Å². The third kappa shape index (κ3) is 5.03. The molecule has 4 rings (SSSR count). The Bertz CT molecular complexity index is 786. The Morgan fingerprint density at radius 3 is 2.50 bits per heavy atom. The maximum Gasteiger partial charge on any atom is 0.315 e. The van der Waals surface area contributed by atoms with E-state index in [1.807, 2.05) is 30.6 Å². The van der Waals surface area contributed by atoms with E-state index in [4.69, 9.17) is 11.6 Å². The number of benzene rings is 1. The lowest BCUT2D eigenvalue weighted by molar-refractivity contribution is 0.182. The Labute approximate surface area is 171 Å². The summed E-state index contributed by atoms with van der Waals surface area (Å²) in [7, 11) is 0. The van der Waals surface area contributed by atoms with Crippen LogP contribution < -0.4 is 10.6 Å². The van der Waals surface area contributed by atoms with E-state index in [1.165, 1.54) is 11.1 Å². The quantitative estimate of drug-likeness (QED) is 0.801. The van der Waals surface area contributed by atoms with Gasteiger partial charge in [-0.3, -0.25) is 9.88 Å².